The van der Waals surface area contributed by atoms with Crippen LogP contribution in [0.1, 0.15) is 12.5 Å². The van der Waals surface area contributed by atoms with Gasteiger partial charge >= 0.3 is 0 Å². The third-order valence-corrected chi connectivity index (χ3v) is 3.48. The Kier molecular flexibility index (Phi) is 2.38. The molecule has 1 unspecified atom stereocenters. The number of thioether (sulfide) groups is 1. The van der Waals surface area contributed by atoms with Crippen molar-refractivity contribution in [1.82, 2.24) is 5.32 Å². The summed E-state index contributed by atoms with van der Waals surface area (Å²) in [6, 6.07) is 9.26. The van der Waals surface area contributed by atoms with E-state index in [1.807, 2.05) is 11.8 Å². The molecular weight excluding hydrogens is 166 g/mol. The van der Waals surface area contributed by atoms with Crippen LogP contribution in [0.3, 0.4) is 0 Å². The Balaban J connectivity index is 2.26. The molecule has 0 amide bonds. The summed E-state index contributed by atoms with van der Waals surface area (Å²) < 4.78 is 0. The summed E-state index contributed by atoms with van der Waals surface area (Å²) in [5.74, 6) is 1.18. The maximum atomic E-state index is 3.48. The molecule has 0 fully saturated rings. The van der Waals surface area contributed by atoms with Crippen LogP contribution >= 0.6 is 11.8 Å². The van der Waals surface area contributed by atoms with Crippen LogP contribution in [-0.2, 0) is 6.54 Å². The van der Waals surface area contributed by atoms with Gasteiger partial charge in [-0.3, -0.25) is 0 Å². The fourth-order valence-electron chi connectivity index (χ4n) is 1.35. The molecule has 64 valence electrons. The Morgan fingerprint density at radius 3 is 3.17 bits per heavy atom. The summed E-state index contributed by atoms with van der Waals surface area (Å²) in [7, 11) is 0. The Bertz CT molecular complexity index is 245. The Morgan fingerprint density at radius 1 is 1.42 bits per heavy atom. The zero-order valence-corrected chi connectivity index (χ0v) is 8.03. The summed E-state index contributed by atoms with van der Waals surface area (Å²) >= 11 is 1.96. The highest BCUT2D eigenvalue weighted by Crippen LogP contribution is 2.25. The average molecular weight is 179 g/mol. The third-order valence-electron chi connectivity index (χ3n) is 2.10. The van der Waals surface area contributed by atoms with E-state index in [4.69, 9.17) is 0 Å². The molecule has 12 heavy (non-hydrogen) atoms. The quantitative estimate of drug-likeness (QED) is 0.655. The molecule has 0 spiro atoms. The zero-order chi connectivity index (χ0) is 8.39. The molecule has 0 radical (unpaired) electrons. The molecule has 1 aliphatic heterocycles. The van der Waals surface area contributed by atoms with Crippen molar-refractivity contribution in [2.45, 2.75) is 24.4 Å². The largest absolute Gasteiger partial charge is 0.309 e. The first-order valence-electron chi connectivity index (χ1n) is 4.30. The molecular formula is C10H13NS. The maximum absolute atomic E-state index is 3.48. The van der Waals surface area contributed by atoms with Gasteiger partial charge in [0.15, 0.2) is 0 Å². The lowest BCUT2D eigenvalue weighted by atomic mass is 10.2. The Labute approximate surface area is 77.6 Å². The fourth-order valence-corrected chi connectivity index (χ4v) is 2.40. The molecule has 1 nitrogen and oxygen atoms in total. The van der Waals surface area contributed by atoms with E-state index in [2.05, 4.69) is 36.5 Å². The number of hydrogen-bond acceptors (Lipinski definition) is 2. The van der Waals surface area contributed by atoms with Gasteiger partial charge in [-0.1, -0.05) is 18.2 Å². The molecule has 0 bridgehead atoms. The van der Waals surface area contributed by atoms with Crippen molar-refractivity contribution >= 4 is 11.8 Å². The first-order chi connectivity index (χ1) is 5.86. The lowest BCUT2D eigenvalue weighted by molar-refractivity contribution is 0.598. The molecule has 1 heterocycles. The molecule has 0 aliphatic carbocycles. The van der Waals surface area contributed by atoms with Gasteiger partial charge in [0.2, 0.25) is 0 Å². The highest BCUT2D eigenvalue weighted by Gasteiger charge is 2.10. The molecule has 1 aliphatic rings. The molecule has 1 N–H and O–H groups in total. The molecule has 0 saturated carbocycles. The van der Waals surface area contributed by atoms with E-state index in [1.54, 1.807) is 0 Å². The summed E-state index contributed by atoms with van der Waals surface area (Å²) in [6.45, 7) is 3.25. The van der Waals surface area contributed by atoms with Crippen LogP contribution in [-0.4, -0.2) is 11.8 Å². The predicted molar refractivity (Wildman–Crippen MR) is 53.5 cm³/mol. The van der Waals surface area contributed by atoms with Gasteiger partial charge in [0.05, 0.1) is 0 Å². The summed E-state index contributed by atoms with van der Waals surface area (Å²) in [6.07, 6.45) is 0. The van der Waals surface area contributed by atoms with Crippen molar-refractivity contribution in [2.24, 2.45) is 0 Å². The topological polar surface area (TPSA) is 12.0 Å². The first-order valence-corrected chi connectivity index (χ1v) is 5.29. The number of nitrogens with one attached hydrogen (secondary N) is 1. The average Bonchev–Trinajstić information content (AvgIpc) is 2.29. The first kappa shape index (κ1) is 8.14. The summed E-state index contributed by atoms with van der Waals surface area (Å²) in [4.78, 5) is 1.44. The number of fused-ring (bicyclic) bond motifs is 1. The predicted octanol–water partition coefficient (Wildman–Crippen LogP) is 2.27. The van der Waals surface area contributed by atoms with Crippen LogP contribution in [0, 0.1) is 0 Å². The minimum absolute atomic E-state index is 0.627. The number of hydrogen-bond donors (Lipinski definition) is 1. The van der Waals surface area contributed by atoms with E-state index in [0.29, 0.717) is 6.04 Å². The van der Waals surface area contributed by atoms with Crippen LogP contribution in [0.5, 0.6) is 0 Å². The van der Waals surface area contributed by atoms with Crippen molar-refractivity contribution in [3.8, 4) is 0 Å². The Morgan fingerprint density at radius 2 is 2.25 bits per heavy atom. The maximum Gasteiger partial charge on any atom is 0.0219 e. The van der Waals surface area contributed by atoms with Crippen molar-refractivity contribution in [1.29, 1.82) is 0 Å². The van der Waals surface area contributed by atoms with Gasteiger partial charge in [0.25, 0.3) is 0 Å². The van der Waals surface area contributed by atoms with Gasteiger partial charge in [-0.05, 0) is 18.6 Å². The number of rotatable bonds is 0. The van der Waals surface area contributed by atoms with Gasteiger partial charge < -0.3 is 5.32 Å². The molecule has 0 saturated heterocycles. The minimum Gasteiger partial charge on any atom is -0.309 e. The van der Waals surface area contributed by atoms with E-state index >= 15 is 0 Å². The molecule has 2 rings (SSSR count). The van der Waals surface area contributed by atoms with Crippen LogP contribution in [0.2, 0.25) is 0 Å². The van der Waals surface area contributed by atoms with Gasteiger partial charge in [-0.2, -0.15) is 0 Å². The second kappa shape index (κ2) is 3.50. The molecule has 1 aromatic rings. The van der Waals surface area contributed by atoms with Crippen LogP contribution in [0.15, 0.2) is 29.2 Å². The smallest absolute Gasteiger partial charge is 0.0219 e. The lowest BCUT2D eigenvalue weighted by Gasteiger charge is -2.06. The number of benzene rings is 1. The summed E-state index contributed by atoms with van der Waals surface area (Å²) in [5.41, 5.74) is 1.44. The fraction of sp³-hybridized carbons (Fsp3) is 0.400. The second-order valence-electron chi connectivity index (χ2n) is 3.20. The van der Waals surface area contributed by atoms with Gasteiger partial charge in [-0.25, -0.2) is 0 Å². The van der Waals surface area contributed by atoms with Crippen LogP contribution in [0.4, 0.5) is 0 Å². The van der Waals surface area contributed by atoms with E-state index in [-0.39, 0.29) is 0 Å². The standard InChI is InChI=1S/C10H13NS/c1-8-7-12-10-5-3-2-4-9(10)6-11-8/h2-5,8,11H,6-7H2,1H3. The minimum atomic E-state index is 0.627. The monoisotopic (exact) mass is 179 g/mol. The van der Waals surface area contributed by atoms with Gasteiger partial charge in [0, 0.05) is 23.2 Å². The van der Waals surface area contributed by atoms with E-state index in [0.717, 1.165) is 6.54 Å². The lowest BCUT2D eigenvalue weighted by Crippen LogP contribution is -2.25. The van der Waals surface area contributed by atoms with E-state index in [9.17, 15) is 0 Å². The summed E-state index contributed by atoms with van der Waals surface area (Å²) in [5, 5.41) is 3.48. The van der Waals surface area contributed by atoms with E-state index in [1.165, 1.54) is 16.2 Å². The zero-order valence-electron chi connectivity index (χ0n) is 7.21. The van der Waals surface area contributed by atoms with Gasteiger partial charge in [-0.15, -0.1) is 11.8 Å². The molecule has 1 aromatic carbocycles. The van der Waals surface area contributed by atoms with Crippen molar-refractivity contribution in [3.63, 3.8) is 0 Å². The second-order valence-corrected chi connectivity index (χ2v) is 4.26. The SMILES string of the molecule is CC1CSc2ccccc2CN1. The third kappa shape index (κ3) is 1.65. The highest BCUT2D eigenvalue weighted by molar-refractivity contribution is 7.99. The Hall–Kier alpha value is -0.470. The molecule has 0 aromatic heterocycles. The van der Waals surface area contributed by atoms with Crippen molar-refractivity contribution < 1.29 is 0 Å². The molecule has 1 atom stereocenters. The normalized spacial score (nSPS) is 22.9. The molecule has 2 heteroatoms. The van der Waals surface area contributed by atoms with Crippen LogP contribution < -0.4 is 5.32 Å². The van der Waals surface area contributed by atoms with E-state index < -0.39 is 0 Å². The highest BCUT2D eigenvalue weighted by atomic mass is 32.2. The van der Waals surface area contributed by atoms with Crippen LogP contribution in [0.25, 0.3) is 0 Å². The van der Waals surface area contributed by atoms with Crippen molar-refractivity contribution in [2.75, 3.05) is 5.75 Å². The van der Waals surface area contributed by atoms with Crippen molar-refractivity contribution in [3.05, 3.63) is 29.8 Å². The van der Waals surface area contributed by atoms with Gasteiger partial charge in [0.1, 0.15) is 0 Å².